The van der Waals surface area contributed by atoms with Crippen molar-refractivity contribution in [3.8, 4) is 0 Å². The lowest BCUT2D eigenvalue weighted by atomic mass is 9.72. The van der Waals surface area contributed by atoms with Crippen LogP contribution >= 0.6 is 0 Å². The molecule has 0 heterocycles. The van der Waals surface area contributed by atoms with E-state index in [-0.39, 0.29) is 11.4 Å². The van der Waals surface area contributed by atoms with E-state index in [0.717, 1.165) is 5.57 Å². The topological polar surface area (TPSA) is 26.3 Å². The predicted octanol–water partition coefficient (Wildman–Crippen LogP) is 6.08. The molecule has 2 nitrogen and oxygen atoms in total. The standard InChI is InChI=1S/C22H32O2/c1-17(10-7-8-11-18(2)16-24-20(4)23)13-14-21-19(3)12-9-15-22(21,5)6/h7-8,10-11,13-14H,9,12,15-16H2,1-6H3/b8-7+,14-13+,17-10+,18-11+. The van der Waals surface area contributed by atoms with E-state index in [1.165, 1.54) is 42.9 Å². The first-order valence-corrected chi connectivity index (χ1v) is 8.75. The number of carbonyl (C=O) groups is 1. The molecule has 1 aliphatic rings. The van der Waals surface area contributed by atoms with Gasteiger partial charge in [-0.25, -0.2) is 0 Å². The van der Waals surface area contributed by atoms with Crippen molar-refractivity contribution in [1.29, 1.82) is 0 Å². The first kappa shape index (κ1) is 20.2. The second kappa shape index (κ2) is 9.46. The number of hydrogen-bond acceptors (Lipinski definition) is 2. The van der Waals surface area contributed by atoms with E-state index in [1.54, 1.807) is 0 Å². The summed E-state index contributed by atoms with van der Waals surface area (Å²) in [7, 11) is 0. The summed E-state index contributed by atoms with van der Waals surface area (Å²) >= 11 is 0. The van der Waals surface area contributed by atoms with Crippen molar-refractivity contribution in [2.24, 2.45) is 5.41 Å². The van der Waals surface area contributed by atoms with Gasteiger partial charge in [-0.05, 0) is 56.6 Å². The third-order valence-electron chi connectivity index (χ3n) is 4.41. The Balaban J connectivity index is 2.65. The molecule has 0 atom stereocenters. The molecule has 132 valence electrons. The Morgan fingerprint density at radius 2 is 1.83 bits per heavy atom. The molecule has 0 amide bonds. The molecule has 0 saturated carbocycles. The predicted molar refractivity (Wildman–Crippen MR) is 103 cm³/mol. The molecular formula is C22H32O2. The Morgan fingerprint density at radius 3 is 2.46 bits per heavy atom. The lowest BCUT2D eigenvalue weighted by Gasteiger charge is -2.32. The molecule has 0 unspecified atom stereocenters. The van der Waals surface area contributed by atoms with E-state index in [0.29, 0.717) is 6.61 Å². The van der Waals surface area contributed by atoms with Gasteiger partial charge in [-0.1, -0.05) is 61.4 Å². The maximum Gasteiger partial charge on any atom is 0.302 e. The minimum absolute atomic E-state index is 0.247. The summed E-state index contributed by atoms with van der Waals surface area (Å²) in [6.45, 7) is 12.8. The lowest BCUT2D eigenvalue weighted by Crippen LogP contribution is -2.19. The Labute approximate surface area is 147 Å². The molecule has 0 spiro atoms. The SMILES string of the molecule is CC(=O)OC/C(C)=C/C=C/C=C(C)/C=C/C1=C(C)CCCC1(C)C. The number of allylic oxidation sites excluding steroid dienone is 9. The third-order valence-corrected chi connectivity index (χ3v) is 4.41. The first-order valence-electron chi connectivity index (χ1n) is 8.75. The van der Waals surface area contributed by atoms with Gasteiger partial charge in [0, 0.05) is 6.92 Å². The van der Waals surface area contributed by atoms with Crippen LogP contribution in [0.1, 0.15) is 60.8 Å². The summed E-state index contributed by atoms with van der Waals surface area (Å²) in [6, 6.07) is 0. The number of esters is 1. The number of ether oxygens (including phenoxy) is 1. The van der Waals surface area contributed by atoms with Crippen LogP contribution in [0.3, 0.4) is 0 Å². The van der Waals surface area contributed by atoms with E-state index in [4.69, 9.17) is 4.74 Å². The van der Waals surface area contributed by atoms with E-state index >= 15 is 0 Å². The van der Waals surface area contributed by atoms with Crippen molar-refractivity contribution in [3.63, 3.8) is 0 Å². The highest BCUT2D eigenvalue weighted by molar-refractivity contribution is 5.66. The van der Waals surface area contributed by atoms with Crippen LogP contribution in [0.25, 0.3) is 0 Å². The minimum Gasteiger partial charge on any atom is -0.461 e. The highest BCUT2D eigenvalue weighted by atomic mass is 16.5. The molecular weight excluding hydrogens is 296 g/mol. The second-order valence-electron chi connectivity index (χ2n) is 7.35. The van der Waals surface area contributed by atoms with Crippen molar-refractivity contribution in [1.82, 2.24) is 0 Å². The van der Waals surface area contributed by atoms with Crippen molar-refractivity contribution in [3.05, 3.63) is 58.7 Å². The summed E-state index contributed by atoms with van der Waals surface area (Å²) in [6.07, 6.45) is 16.3. The Hall–Kier alpha value is -1.83. The zero-order valence-corrected chi connectivity index (χ0v) is 16.1. The quantitative estimate of drug-likeness (QED) is 0.436. The summed E-state index contributed by atoms with van der Waals surface area (Å²) < 4.78 is 4.94. The maximum absolute atomic E-state index is 10.8. The van der Waals surface area contributed by atoms with Crippen LogP contribution in [0.15, 0.2) is 58.7 Å². The highest BCUT2D eigenvalue weighted by Crippen LogP contribution is 2.40. The fraction of sp³-hybridized carbons (Fsp3) is 0.500. The number of hydrogen-bond donors (Lipinski definition) is 0. The smallest absolute Gasteiger partial charge is 0.302 e. The molecule has 0 fully saturated rings. The van der Waals surface area contributed by atoms with Gasteiger partial charge in [0.15, 0.2) is 0 Å². The van der Waals surface area contributed by atoms with Gasteiger partial charge < -0.3 is 4.74 Å². The van der Waals surface area contributed by atoms with Crippen molar-refractivity contribution in [2.45, 2.75) is 60.8 Å². The molecule has 0 aromatic carbocycles. The molecule has 0 aliphatic heterocycles. The zero-order valence-electron chi connectivity index (χ0n) is 16.1. The van der Waals surface area contributed by atoms with Gasteiger partial charge in [0.25, 0.3) is 0 Å². The van der Waals surface area contributed by atoms with Gasteiger partial charge in [-0.2, -0.15) is 0 Å². The van der Waals surface area contributed by atoms with Crippen LogP contribution < -0.4 is 0 Å². The van der Waals surface area contributed by atoms with Gasteiger partial charge in [-0.3, -0.25) is 4.79 Å². The van der Waals surface area contributed by atoms with Gasteiger partial charge >= 0.3 is 5.97 Å². The Morgan fingerprint density at radius 1 is 1.17 bits per heavy atom. The van der Waals surface area contributed by atoms with Crippen LogP contribution in [0.2, 0.25) is 0 Å². The molecule has 0 aromatic heterocycles. The van der Waals surface area contributed by atoms with Crippen molar-refractivity contribution < 1.29 is 9.53 Å². The van der Waals surface area contributed by atoms with Crippen molar-refractivity contribution in [2.75, 3.05) is 6.61 Å². The summed E-state index contributed by atoms with van der Waals surface area (Å²) in [5.41, 5.74) is 5.54. The van der Waals surface area contributed by atoms with Crippen LogP contribution in [0.4, 0.5) is 0 Å². The summed E-state index contributed by atoms with van der Waals surface area (Å²) in [5, 5.41) is 0. The fourth-order valence-corrected chi connectivity index (χ4v) is 2.97. The Kier molecular flexibility index (Phi) is 7.97. The Bertz CT molecular complexity index is 595. The largest absolute Gasteiger partial charge is 0.461 e. The van der Waals surface area contributed by atoms with Crippen LogP contribution in [0.5, 0.6) is 0 Å². The molecule has 0 bridgehead atoms. The molecule has 0 N–H and O–H groups in total. The highest BCUT2D eigenvalue weighted by Gasteiger charge is 2.26. The minimum atomic E-state index is -0.247. The van der Waals surface area contributed by atoms with Gasteiger partial charge in [-0.15, -0.1) is 0 Å². The van der Waals surface area contributed by atoms with E-state index in [1.807, 2.05) is 25.2 Å². The average Bonchev–Trinajstić information content (AvgIpc) is 2.48. The molecule has 0 saturated heterocycles. The lowest BCUT2D eigenvalue weighted by molar-refractivity contribution is -0.139. The van der Waals surface area contributed by atoms with Crippen LogP contribution in [0, 0.1) is 5.41 Å². The third kappa shape index (κ3) is 7.16. The normalized spacial score (nSPS) is 19.4. The van der Waals surface area contributed by atoms with Gasteiger partial charge in [0.1, 0.15) is 6.61 Å². The molecule has 0 radical (unpaired) electrons. The molecule has 2 heteroatoms. The second-order valence-corrected chi connectivity index (χ2v) is 7.35. The van der Waals surface area contributed by atoms with Crippen molar-refractivity contribution >= 4 is 5.97 Å². The van der Waals surface area contributed by atoms with E-state index < -0.39 is 0 Å². The molecule has 1 aliphatic carbocycles. The van der Waals surface area contributed by atoms with E-state index in [9.17, 15) is 4.79 Å². The average molecular weight is 328 g/mol. The fourth-order valence-electron chi connectivity index (χ4n) is 2.97. The monoisotopic (exact) mass is 328 g/mol. The maximum atomic E-state index is 10.8. The number of carbonyl (C=O) groups excluding carboxylic acids is 1. The van der Waals surface area contributed by atoms with Crippen LogP contribution in [-0.4, -0.2) is 12.6 Å². The molecule has 1 rings (SSSR count). The van der Waals surface area contributed by atoms with Crippen LogP contribution in [-0.2, 0) is 9.53 Å². The summed E-state index contributed by atoms with van der Waals surface area (Å²) in [4.78, 5) is 10.8. The summed E-state index contributed by atoms with van der Waals surface area (Å²) in [5.74, 6) is -0.247. The zero-order chi connectivity index (χ0) is 18.2. The van der Waals surface area contributed by atoms with Gasteiger partial charge in [0.05, 0.1) is 0 Å². The molecule has 0 aromatic rings. The van der Waals surface area contributed by atoms with Gasteiger partial charge in [0.2, 0.25) is 0 Å². The number of rotatable bonds is 6. The first-order chi connectivity index (χ1) is 11.2. The molecule has 24 heavy (non-hydrogen) atoms. The van der Waals surface area contributed by atoms with E-state index in [2.05, 4.69) is 45.9 Å².